The average molecular weight is 389 g/mol. The van der Waals surface area contributed by atoms with Gasteiger partial charge in [0.15, 0.2) is 0 Å². The molecule has 6 atom stereocenters. The third kappa shape index (κ3) is 2.93. The topological polar surface area (TPSA) is 63.6 Å². The highest BCUT2D eigenvalue weighted by atomic mass is 16.5. The van der Waals surface area contributed by atoms with E-state index >= 15 is 0 Å². The van der Waals surface area contributed by atoms with Crippen LogP contribution in [0.15, 0.2) is 12.2 Å². The number of hydrogen-bond donors (Lipinski definition) is 1. The number of carboxylic acids is 1. The summed E-state index contributed by atoms with van der Waals surface area (Å²) >= 11 is 0. The van der Waals surface area contributed by atoms with Gasteiger partial charge in [0.1, 0.15) is 6.10 Å². The Morgan fingerprint density at radius 2 is 1.82 bits per heavy atom. The van der Waals surface area contributed by atoms with Crippen molar-refractivity contribution in [2.45, 2.75) is 91.1 Å². The Morgan fingerprint density at radius 1 is 1.07 bits per heavy atom. The highest BCUT2D eigenvalue weighted by molar-refractivity contribution is 5.76. The fraction of sp³-hybridized carbons (Fsp3) is 0.833. The second-order valence-electron chi connectivity index (χ2n) is 11.1. The molecule has 0 aromatic heterocycles. The van der Waals surface area contributed by atoms with Crippen molar-refractivity contribution in [3.05, 3.63) is 12.2 Å². The predicted molar refractivity (Wildman–Crippen MR) is 108 cm³/mol. The molecule has 4 nitrogen and oxygen atoms in total. The number of hydrogen-bond acceptors (Lipinski definition) is 3. The van der Waals surface area contributed by atoms with E-state index in [-0.39, 0.29) is 30.3 Å². The van der Waals surface area contributed by atoms with Crippen molar-refractivity contribution in [3.8, 4) is 0 Å². The van der Waals surface area contributed by atoms with Crippen molar-refractivity contribution in [2.24, 2.45) is 34.0 Å². The lowest BCUT2D eigenvalue weighted by Crippen LogP contribution is -2.59. The summed E-state index contributed by atoms with van der Waals surface area (Å²) in [7, 11) is 0. The van der Waals surface area contributed by atoms with Crippen LogP contribution in [0.25, 0.3) is 0 Å². The van der Waals surface area contributed by atoms with Crippen LogP contribution in [0.3, 0.4) is 0 Å². The minimum atomic E-state index is -0.946. The Kier molecular flexibility index (Phi) is 4.71. The highest BCUT2D eigenvalue weighted by Gasteiger charge is 2.64. The number of esters is 1. The SMILES string of the molecule is C=C1C[C@@]23CC[C@@H]4C(C)(C)C(OC(=O)CCC(=O)O)CC[C@@]4(C)[C@@H]2CC[C@@H]1C3. The van der Waals surface area contributed by atoms with E-state index in [4.69, 9.17) is 9.84 Å². The van der Waals surface area contributed by atoms with Crippen LogP contribution in [0.1, 0.15) is 85.0 Å². The average Bonchev–Trinajstić information content (AvgIpc) is 2.84. The lowest BCUT2D eigenvalue weighted by molar-refractivity contribution is -0.198. The minimum Gasteiger partial charge on any atom is -0.481 e. The standard InChI is InChI=1S/C24H36O4/c1-15-13-24-12-9-17-22(2,3)19(28-21(27)8-7-20(25)26)10-11-23(17,4)18(24)6-5-16(15)14-24/h16-19H,1,5-14H2,2-4H3,(H,25,26)/t16-,17-,18+,19?,23-,24-/m1/s1. The summed E-state index contributed by atoms with van der Waals surface area (Å²) in [6.45, 7) is 11.5. The number of carbonyl (C=O) groups excluding carboxylic acids is 1. The number of carboxylic acid groups (broad SMARTS) is 1. The molecule has 4 heteroatoms. The van der Waals surface area contributed by atoms with Gasteiger partial charge in [-0.1, -0.05) is 32.9 Å². The number of aliphatic carboxylic acids is 1. The molecule has 4 aliphatic carbocycles. The molecule has 28 heavy (non-hydrogen) atoms. The van der Waals surface area contributed by atoms with Gasteiger partial charge in [-0.05, 0) is 80.0 Å². The van der Waals surface area contributed by atoms with E-state index in [1.54, 1.807) is 0 Å². The molecule has 4 saturated carbocycles. The van der Waals surface area contributed by atoms with Crippen molar-refractivity contribution in [1.82, 2.24) is 0 Å². The zero-order chi connectivity index (χ0) is 20.3. The summed E-state index contributed by atoms with van der Waals surface area (Å²) < 4.78 is 5.85. The molecule has 0 amide bonds. The Bertz CT molecular complexity index is 695. The largest absolute Gasteiger partial charge is 0.481 e. The first-order valence-corrected chi connectivity index (χ1v) is 11.2. The van der Waals surface area contributed by atoms with Crippen LogP contribution in [0.2, 0.25) is 0 Å². The van der Waals surface area contributed by atoms with Crippen molar-refractivity contribution in [2.75, 3.05) is 0 Å². The maximum atomic E-state index is 12.2. The van der Waals surface area contributed by atoms with E-state index in [2.05, 4.69) is 27.4 Å². The van der Waals surface area contributed by atoms with Crippen LogP contribution in [0, 0.1) is 34.0 Å². The van der Waals surface area contributed by atoms with Crippen molar-refractivity contribution in [1.29, 1.82) is 0 Å². The quantitative estimate of drug-likeness (QED) is 0.520. The molecule has 2 bridgehead atoms. The van der Waals surface area contributed by atoms with E-state index in [0.717, 1.165) is 24.7 Å². The maximum Gasteiger partial charge on any atom is 0.306 e. The van der Waals surface area contributed by atoms with Crippen LogP contribution in [0.4, 0.5) is 0 Å². The molecule has 1 N–H and O–H groups in total. The normalized spacial score (nSPS) is 43.8. The molecule has 0 saturated heterocycles. The summed E-state index contributed by atoms with van der Waals surface area (Å²) in [5, 5.41) is 8.82. The molecule has 1 spiro atoms. The monoisotopic (exact) mass is 388 g/mol. The van der Waals surface area contributed by atoms with Gasteiger partial charge in [0, 0.05) is 5.41 Å². The second kappa shape index (κ2) is 6.60. The summed E-state index contributed by atoms with van der Waals surface area (Å²) in [6, 6.07) is 0. The van der Waals surface area contributed by atoms with Crippen molar-refractivity contribution in [3.63, 3.8) is 0 Å². The Balaban J connectivity index is 1.53. The molecular formula is C24H36O4. The van der Waals surface area contributed by atoms with Crippen LogP contribution < -0.4 is 0 Å². The van der Waals surface area contributed by atoms with Gasteiger partial charge < -0.3 is 9.84 Å². The fourth-order valence-electron chi connectivity index (χ4n) is 8.19. The first kappa shape index (κ1) is 20.0. The molecule has 4 fully saturated rings. The number of carbonyl (C=O) groups is 2. The van der Waals surface area contributed by atoms with Crippen LogP contribution >= 0.6 is 0 Å². The molecule has 4 rings (SSSR count). The second-order valence-corrected chi connectivity index (χ2v) is 11.1. The number of ether oxygens (including phenoxy) is 1. The molecule has 0 radical (unpaired) electrons. The molecule has 4 aliphatic rings. The molecule has 0 aromatic carbocycles. The van der Waals surface area contributed by atoms with Crippen LogP contribution in [-0.2, 0) is 14.3 Å². The molecule has 0 heterocycles. The zero-order valence-corrected chi connectivity index (χ0v) is 17.8. The van der Waals surface area contributed by atoms with E-state index in [1.165, 1.54) is 44.1 Å². The Morgan fingerprint density at radius 3 is 2.54 bits per heavy atom. The number of rotatable bonds is 4. The smallest absolute Gasteiger partial charge is 0.306 e. The summed E-state index contributed by atoms with van der Waals surface area (Å²) in [6.07, 6.45) is 9.46. The first-order chi connectivity index (χ1) is 13.1. The Labute approximate surface area is 169 Å². The van der Waals surface area contributed by atoms with E-state index < -0.39 is 5.97 Å². The van der Waals surface area contributed by atoms with Crippen molar-refractivity contribution < 1.29 is 19.4 Å². The van der Waals surface area contributed by atoms with Crippen LogP contribution in [0.5, 0.6) is 0 Å². The third-order valence-electron chi connectivity index (χ3n) is 9.37. The molecule has 1 unspecified atom stereocenters. The predicted octanol–water partition coefficient (Wildman–Crippen LogP) is 5.36. The van der Waals surface area contributed by atoms with Gasteiger partial charge in [0.05, 0.1) is 12.8 Å². The lowest BCUT2D eigenvalue weighted by atomic mass is 9.41. The van der Waals surface area contributed by atoms with Gasteiger partial charge in [-0.3, -0.25) is 9.59 Å². The Hall–Kier alpha value is -1.32. The fourth-order valence-corrected chi connectivity index (χ4v) is 8.19. The van der Waals surface area contributed by atoms with Gasteiger partial charge in [-0.25, -0.2) is 0 Å². The van der Waals surface area contributed by atoms with Gasteiger partial charge in [-0.2, -0.15) is 0 Å². The number of fused-ring (bicyclic) bond motifs is 3. The minimum absolute atomic E-state index is 0.0287. The zero-order valence-electron chi connectivity index (χ0n) is 17.8. The van der Waals surface area contributed by atoms with Crippen molar-refractivity contribution >= 4 is 11.9 Å². The summed E-state index contributed by atoms with van der Waals surface area (Å²) in [4.78, 5) is 23.0. The van der Waals surface area contributed by atoms with Gasteiger partial charge in [0.25, 0.3) is 0 Å². The van der Waals surface area contributed by atoms with E-state index in [0.29, 0.717) is 16.7 Å². The van der Waals surface area contributed by atoms with Gasteiger partial charge in [-0.15, -0.1) is 0 Å². The highest BCUT2D eigenvalue weighted by Crippen LogP contribution is 2.72. The molecule has 0 aliphatic heterocycles. The molecule has 0 aromatic rings. The summed E-state index contributed by atoms with van der Waals surface area (Å²) in [5.74, 6) is 0.767. The molecular weight excluding hydrogens is 352 g/mol. The lowest BCUT2D eigenvalue weighted by Gasteiger charge is -2.65. The van der Waals surface area contributed by atoms with E-state index in [9.17, 15) is 9.59 Å². The van der Waals surface area contributed by atoms with Gasteiger partial charge >= 0.3 is 11.9 Å². The van der Waals surface area contributed by atoms with Gasteiger partial charge in [0.2, 0.25) is 0 Å². The molecule has 156 valence electrons. The third-order valence-corrected chi connectivity index (χ3v) is 9.37. The number of allylic oxidation sites excluding steroid dienone is 1. The summed E-state index contributed by atoms with van der Waals surface area (Å²) in [5.41, 5.74) is 2.22. The maximum absolute atomic E-state index is 12.2. The van der Waals surface area contributed by atoms with Crippen LogP contribution in [-0.4, -0.2) is 23.1 Å². The van der Waals surface area contributed by atoms with E-state index in [1.807, 2.05) is 0 Å². The first-order valence-electron chi connectivity index (χ1n) is 11.2.